The number of amides is 2. The number of alkyl halides is 3. The molecule has 1 saturated carbocycles. The van der Waals surface area contributed by atoms with Crippen LogP contribution < -0.4 is 10.6 Å². The molecular weight excluding hydrogens is 507 g/mol. The highest BCUT2D eigenvalue weighted by molar-refractivity contribution is 7.17. The van der Waals surface area contributed by atoms with Crippen molar-refractivity contribution in [3.63, 3.8) is 0 Å². The van der Waals surface area contributed by atoms with Crippen LogP contribution in [0, 0.1) is 5.92 Å². The number of likely N-dealkylation sites (tertiary alicyclic amines) is 1. The van der Waals surface area contributed by atoms with Crippen LogP contribution in [0.3, 0.4) is 0 Å². The Kier molecular flexibility index (Phi) is 7.53. The predicted octanol–water partition coefficient (Wildman–Crippen LogP) is 4.56. The number of nitrogens with zero attached hydrogens (tertiary/aromatic N) is 3. The van der Waals surface area contributed by atoms with Crippen molar-refractivity contribution >= 4 is 29.0 Å². The zero-order valence-corrected chi connectivity index (χ0v) is 22.1. The van der Waals surface area contributed by atoms with E-state index in [1.165, 1.54) is 13.8 Å². The molecule has 0 aromatic carbocycles. The molecule has 2 atom stereocenters. The van der Waals surface area contributed by atoms with Crippen LogP contribution in [0.25, 0.3) is 10.4 Å². The lowest BCUT2D eigenvalue weighted by Crippen LogP contribution is -2.38. The third-order valence-corrected chi connectivity index (χ3v) is 7.77. The topological polar surface area (TPSA) is 107 Å². The molecule has 2 aliphatic rings. The fourth-order valence-electron chi connectivity index (χ4n) is 4.39. The quantitative estimate of drug-likeness (QED) is 0.454. The van der Waals surface area contributed by atoms with Gasteiger partial charge in [-0.2, -0.15) is 13.2 Å². The van der Waals surface area contributed by atoms with Crippen molar-refractivity contribution in [1.82, 2.24) is 20.2 Å². The van der Waals surface area contributed by atoms with E-state index in [1.807, 2.05) is 13.8 Å². The number of aliphatic hydroxyl groups is 1. The van der Waals surface area contributed by atoms with Crippen LogP contribution in [-0.4, -0.2) is 62.6 Å². The second kappa shape index (κ2) is 10.2. The summed E-state index contributed by atoms with van der Waals surface area (Å²) in [5.41, 5.74) is -2.66. The fourth-order valence-corrected chi connectivity index (χ4v) is 5.38. The average molecular weight is 540 g/mol. The lowest BCUT2D eigenvalue weighted by molar-refractivity contribution is -0.137. The number of hydrogen-bond donors (Lipinski definition) is 3. The third kappa shape index (κ3) is 6.40. The molecule has 1 aliphatic heterocycles. The van der Waals surface area contributed by atoms with Gasteiger partial charge < -0.3 is 20.6 Å². The molecular formula is C25H32F3N5O3S. The first-order chi connectivity index (χ1) is 17.2. The van der Waals surface area contributed by atoms with E-state index in [-0.39, 0.29) is 45.6 Å². The molecule has 2 unspecified atom stereocenters. The molecule has 3 N–H and O–H groups in total. The van der Waals surface area contributed by atoms with Crippen molar-refractivity contribution in [3.8, 4) is 10.4 Å². The first kappa shape index (κ1) is 27.3. The Labute approximate surface area is 217 Å². The van der Waals surface area contributed by atoms with Gasteiger partial charge in [0, 0.05) is 36.9 Å². The second-order valence-corrected chi connectivity index (χ2v) is 11.6. The van der Waals surface area contributed by atoms with E-state index in [9.17, 15) is 27.9 Å². The van der Waals surface area contributed by atoms with E-state index in [1.54, 1.807) is 4.90 Å². The Balaban J connectivity index is 1.76. The summed E-state index contributed by atoms with van der Waals surface area (Å²) in [6.45, 7) is 7.16. The van der Waals surface area contributed by atoms with Gasteiger partial charge in [0.05, 0.1) is 16.0 Å². The van der Waals surface area contributed by atoms with Crippen LogP contribution >= 0.6 is 11.3 Å². The molecule has 1 aliphatic carbocycles. The van der Waals surface area contributed by atoms with Gasteiger partial charge in [-0.25, -0.2) is 9.97 Å². The normalized spacial score (nSPS) is 19.1. The van der Waals surface area contributed by atoms with Crippen LogP contribution in [0.4, 0.5) is 19.0 Å². The van der Waals surface area contributed by atoms with E-state index in [4.69, 9.17) is 0 Å². The van der Waals surface area contributed by atoms with Crippen molar-refractivity contribution in [2.24, 2.45) is 5.92 Å². The van der Waals surface area contributed by atoms with E-state index < -0.39 is 29.2 Å². The van der Waals surface area contributed by atoms with Crippen molar-refractivity contribution in [3.05, 3.63) is 28.5 Å². The minimum Gasteiger partial charge on any atom is -0.389 e. The molecule has 0 radical (unpaired) electrons. The maximum absolute atomic E-state index is 14.3. The molecule has 4 rings (SSSR count). The molecule has 2 aromatic rings. The van der Waals surface area contributed by atoms with E-state index >= 15 is 0 Å². The second-order valence-electron chi connectivity index (χ2n) is 10.6. The maximum Gasteiger partial charge on any atom is 0.417 e. The van der Waals surface area contributed by atoms with E-state index in [2.05, 4.69) is 20.6 Å². The van der Waals surface area contributed by atoms with Gasteiger partial charge >= 0.3 is 6.18 Å². The molecule has 0 bridgehead atoms. The fraction of sp³-hybridized carbons (Fsp3) is 0.600. The molecule has 2 amide bonds. The average Bonchev–Trinajstić information content (AvgIpc) is 3.43. The molecule has 8 nitrogen and oxygen atoms in total. The summed E-state index contributed by atoms with van der Waals surface area (Å²) in [4.78, 5) is 36.2. The number of anilines is 1. The molecule has 2 aromatic heterocycles. The molecule has 3 heterocycles. The van der Waals surface area contributed by atoms with Crippen LogP contribution in [0.2, 0.25) is 0 Å². The number of aromatic nitrogens is 2. The minimum atomic E-state index is -4.73. The largest absolute Gasteiger partial charge is 0.417 e. The first-order valence-electron chi connectivity index (χ1n) is 12.4. The summed E-state index contributed by atoms with van der Waals surface area (Å²) in [7, 11) is 0. The number of carbonyl (C=O) groups excluding carboxylic acids is 2. The zero-order chi connectivity index (χ0) is 27.1. The van der Waals surface area contributed by atoms with Crippen molar-refractivity contribution in [2.75, 3.05) is 18.4 Å². The number of nitrogens with one attached hydrogen (secondary N) is 2. The lowest BCUT2D eigenvalue weighted by Gasteiger charge is -2.21. The SMILES string of the molecule is CC(Nc1cc(C(F)(F)F)c(-c2sc(C(=O)NCC(C)(C)O)nc2C(=O)N2CCCC2C)cn1)C1CC1. The maximum atomic E-state index is 14.3. The van der Waals surface area contributed by atoms with Crippen molar-refractivity contribution in [2.45, 2.75) is 77.2 Å². The van der Waals surface area contributed by atoms with Gasteiger partial charge in [0.15, 0.2) is 5.01 Å². The number of carbonyl (C=O) groups is 2. The molecule has 1 saturated heterocycles. The summed E-state index contributed by atoms with van der Waals surface area (Å²) < 4.78 is 42.8. The van der Waals surface area contributed by atoms with E-state index in [0.717, 1.165) is 37.9 Å². The highest BCUT2D eigenvalue weighted by atomic mass is 32.1. The molecule has 0 spiro atoms. The Morgan fingerprint density at radius 2 is 1.97 bits per heavy atom. The summed E-state index contributed by atoms with van der Waals surface area (Å²) in [6.07, 6.45) is -0.0256. The summed E-state index contributed by atoms with van der Waals surface area (Å²) >= 11 is 0.712. The van der Waals surface area contributed by atoms with Gasteiger partial charge in [0.2, 0.25) is 0 Å². The Morgan fingerprint density at radius 1 is 1.27 bits per heavy atom. The predicted molar refractivity (Wildman–Crippen MR) is 135 cm³/mol. The number of thiazole rings is 1. The lowest BCUT2D eigenvalue weighted by atomic mass is 10.1. The van der Waals surface area contributed by atoms with E-state index in [0.29, 0.717) is 23.8 Å². The monoisotopic (exact) mass is 539 g/mol. The molecule has 12 heteroatoms. The summed E-state index contributed by atoms with van der Waals surface area (Å²) in [6, 6.07) is 0.849. The van der Waals surface area contributed by atoms with Crippen molar-refractivity contribution in [1.29, 1.82) is 0 Å². The van der Waals surface area contributed by atoms with Gasteiger partial charge in [-0.1, -0.05) is 0 Å². The van der Waals surface area contributed by atoms with Gasteiger partial charge in [0.1, 0.15) is 11.5 Å². The summed E-state index contributed by atoms with van der Waals surface area (Å²) in [5.74, 6) is -0.687. The first-order valence-corrected chi connectivity index (χ1v) is 13.2. The highest BCUT2D eigenvalue weighted by Gasteiger charge is 2.39. The Bertz CT molecular complexity index is 1170. The standard InChI is InChI=1S/C25H32F3N5O3S/c1-13-6-5-9-33(13)23(35)19-20(37-22(32-19)21(34)30-12-24(3,4)36)16-11-29-18(10-17(16)25(26,27)28)31-14(2)15-7-8-15/h10-11,13-15,36H,5-9,12H2,1-4H3,(H,29,31)(H,30,34). The number of pyridine rings is 1. The van der Waals surface area contributed by atoms with Crippen LogP contribution in [0.5, 0.6) is 0 Å². The van der Waals surface area contributed by atoms with Crippen LogP contribution in [-0.2, 0) is 6.18 Å². The van der Waals surface area contributed by atoms with Gasteiger partial charge in [0.25, 0.3) is 11.8 Å². The number of hydrogen-bond acceptors (Lipinski definition) is 7. The van der Waals surface area contributed by atoms with Crippen LogP contribution in [0.1, 0.15) is 79.2 Å². The Hall–Kier alpha value is -2.73. The van der Waals surface area contributed by atoms with Crippen molar-refractivity contribution < 1.29 is 27.9 Å². The Morgan fingerprint density at radius 3 is 2.54 bits per heavy atom. The summed E-state index contributed by atoms with van der Waals surface area (Å²) in [5, 5.41) is 15.4. The number of halogens is 3. The van der Waals surface area contributed by atoms with Gasteiger partial charge in [-0.15, -0.1) is 11.3 Å². The van der Waals surface area contributed by atoms with Crippen LogP contribution in [0.15, 0.2) is 12.3 Å². The smallest absolute Gasteiger partial charge is 0.389 e. The zero-order valence-electron chi connectivity index (χ0n) is 21.3. The van der Waals surface area contributed by atoms with Gasteiger partial charge in [-0.3, -0.25) is 9.59 Å². The number of rotatable bonds is 8. The molecule has 37 heavy (non-hydrogen) atoms. The molecule has 2 fully saturated rings. The minimum absolute atomic E-state index is 0.0114. The highest BCUT2D eigenvalue weighted by Crippen LogP contribution is 2.42. The molecule has 202 valence electrons. The third-order valence-electron chi connectivity index (χ3n) is 6.68. The van der Waals surface area contributed by atoms with Gasteiger partial charge in [-0.05, 0) is 65.4 Å².